The third kappa shape index (κ3) is 2.14. The van der Waals surface area contributed by atoms with Gasteiger partial charge in [0.15, 0.2) is 0 Å². The SMILES string of the molecule is COc1cccc2c1CC1=C(C=CC(C(=O)O)C1(OC)C(=O)O)C2. The molecule has 0 fully saturated rings. The number of carboxylic acids is 2. The van der Waals surface area contributed by atoms with E-state index in [0.717, 1.165) is 16.7 Å². The number of benzene rings is 1. The number of allylic oxidation sites excluding steroid dienone is 2. The van der Waals surface area contributed by atoms with Gasteiger partial charge in [0.25, 0.3) is 0 Å². The van der Waals surface area contributed by atoms with Crippen LogP contribution >= 0.6 is 0 Å². The van der Waals surface area contributed by atoms with Crippen LogP contribution in [0.5, 0.6) is 5.75 Å². The van der Waals surface area contributed by atoms with E-state index >= 15 is 0 Å². The number of methoxy groups -OCH3 is 2. The Morgan fingerprint density at radius 1 is 1.21 bits per heavy atom. The molecule has 6 nitrogen and oxygen atoms in total. The molecule has 0 heterocycles. The maximum absolute atomic E-state index is 12.1. The third-order valence-electron chi connectivity index (χ3n) is 4.85. The smallest absolute Gasteiger partial charge is 0.341 e. The molecule has 0 saturated carbocycles. The van der Waals surface area contributed by atoms with Gasteiger partial charge in [0.1, 0.15) is 11.7 Å². The molecule has 1 aromatic rings. The van der Waals surface area contributed by atoms with Crippen molar-refractivity contribution in [1.82, 2.24) is 0 Å². The van der Waals surface area contributed by atoms with Gasteiger partial charge in [0.05, 0.1) is 7.11 Å². The van der Waals surface area contributed by atoms with Crippen molar-refractivity contribution in [2.75, 3.05) is 14.2 Å². The van der Waals surface area contributed by atoms with Crippen molar-refractivity contribution in [3.05, 3.63) is 52.6 Å². The Morgan fingerprint density at radius 3 is 2.54 bits per heavy atom. The van der Waals surface area contributed by atoms with E-state index in [0.29, 0.717) is 17.7 Å². The zero-order valence-corrected chi connectivity index (χ0v) is 13.4. The van der Waals surface area contributed by atoms with E-state index in [1.165, 1.54) is 13.2 Å². The van der Waals surface area contributed by atoms with Crippen LogP contribution in [-0.4, -0.2) is 42.0 Å². The molecule has 2 atom stereocenters. The van der Waals surface area contributed by atoms with Crippen LogP contribution in [0.4, 0.5) is 0 Å². The van der Waals surface area contributed by atoms with Crippen LogP contribution in [0.2, 0.25) is 0 Å². The van der Waals surface area contributed by atoms with Gasteiger partial charge in [-0.2, -0.15) is 0 Å². The van der Waals surface area contributed by atoms with Crippen LogP contribution in [-0.2, 0) is 27.2 Å². The molecule has 2 unspecified atom stereocenters. The molecule has 2 aliphatic rings. The number of carboxylic acid groups (broad SMARTS) is 2. The van der Waals surface area contributed by atoms with Crippen LogP contribution in [0.3, 0.4) is 0 Å². The summed E-state index contributed by atoms with van der Waals surface area (Å²) in [6.07, 6.45) is 3.91. The van der Waals surface area contributed by atoms with Gasteiger partial charge in [-0.05, 0) is 29.2 Å². The number of hydrogen-bond acceptors (Lipinski definition) is 4. The lowest BCUT2D eigenvalue weighted by Crippen LogP contribution is -2.54. The minimum absolute atomic E-state index is 0.281. The molecule has 0 spiro atoms. The first kappa shape index (κ1) is 16.3. The molecule has 2 aliphatic carbocycles. The number of rotatable bonds is 4. The van der Waals surface area contributed by atoms with Gasteiger partial charge in [0.2, 0.25) is 5.60 Å². The molecular formula is C18H18O6. The topological polar surface area (TPSA) is 93.1 Å². The summed E-state index contributed by atoms with van der Waals surface area (Å²) in [4.78, 5) is 23.7. The molecule has 0 aliphatic heterocycles. The normalized spacial score (nSPS) is 25.0. The first-order chi connectivity index (χ1) is 11.5. The quantitative estimate of drug-likeness (QED) is 0.875. The highest BCUT2D eigenvalue weighted by Gasteiger charge is 2.55. The second-order valence-electron chi connectivity index (χ2n) is 5.88. The number of aliphatic carboxylic acids is 2. The fourth-order valence-electron chi connectivity index (χ4n) is 3.69. The second kappa shape index (κ2) is 5.79. The maximum Gasteiger partial charge on any atom is 0.341 e. The van der Waals surface area contributed by atoms with Crippen LogP contribution in [0.1, 0.15) is 11.1 Å². The Hall–Kier alpha value is -2.60. The zero-order chi connectivity index (χ0) is 17.5. The van der Waals surface area contributed by atoms with Gasteiger partial charge in [-0.1, -0.05) is 24.3 Å². The van der Waals surface area contributed by atoms with Crippen LogP contribution in [0.25, 0.3) is 0 Å². The first-order valence-electron chi connectivity index (χ1n) is 7.52. The molecule has 0 bridgehead atoms. The monoisotopic (exact) mass is 330 g/mol. The molecule has 6 heteroatoms. The van der Waals surface area contributed by atoms with E-state index < -0.39 is 23.5 Å². The number of ether oxygens (including phenoxy) is 2. The first-order valence-corrected chi connectivity index (χ1v) is 7.52. The summed E-state index contributed by atoms with van der Waals surface area (Å²) >= 11 is 0. The van der Waals surface area contributed by atoms with Crippen molar-refractivity contribution in [3.63, 3.8) is 0 Å². The van der Waals surface area contributed by atoms with Crippen LogP contribution in [0, 0.1) is 5.92 Å². The molecule has 126 valence electrons. The average Bonchev–Trinajstić information content (AvgIpc) is 2.57. The minimum Gasteiger partial charge on any atom is -0.496 e. The lowest BCUT2D eigenvalue weighted by atomic mass is 9.69. The largest absolute Gasteiger partial charge is 0.496 e. The van der Waals surface area contributed by atoms with Crippen LogP contribution in [0.15, 0.2) is 41.5 Å². The second-order valence-corrected chi connectivity index (χ2v) is 5.88. The maximum atomic E-state index is 12.1. The Morgan fingerprint density at radius 2 is 1.96 bits per heavy atom. The summed E-state index contributed by atoms with van der Waals surface area (Å²) < 4.78 is 10.7. The van der Waals surface area contributed by atoms with Gasteiger partial charge in [-0.25, -0.2) is 4.79 Å². The van der Waals surface area contributed by atoms with Crippen molar-refractivity contribution in [1.29, 1.82) is 0 Å². The van der Waals surface area contributed by atoms with Gasteiger partial charge in [-0.15, -0.1) is 0 Å². The Balaban J connectivity index is 2.18. The van der Waals surface area contributed by atoms with Gasteiger partial charge in [-0.3, -0.25) is 4.79 Å². The van der Waals surface area contributed by atoms with E-state index in [4.69, 9.17) is 9.47 Å². The van der Waals surface area contributed by atoms with Gasteiger partial charge >= 0.3 is 11.9 Å². The minimum atomic E-state index is -1.91. The van der Waals surface area contributed by atoms with Crippen molar-refractivity contribution >= 4 is 11.9 Å². The van der Waals surface area contributed by atoms with Crippen molar-refractivity contribution < 1.29 is 29.3 Å². The highest BCUT2D eigenvalue weighted by molar-refractivity contribution is 5.92. The summed E-state index contributed by atoms with van der Waals surface area (Å²) in [6, 6.07) is 5.66. The lowest BCUT2D eigenvalue weighted by Gasteiger charge is -2.40. The highest BCUT2D eigenvalue weighted by atomic mass is 16.5. The fraction of sp³-hybridized carbons (Fsp3) is 0.333. The van der Waals surface area contributed by atoms with Crippen molar-refractivity contribution in [2.24, 2.45) is 5.92 Å². The number of fused-ring (bicyclic) bond motifs is 1. The predicted octanol–water partition coefficient (Wildman–Crippen LogP) is 1.83. The van der Waals surface area contributed by atoms with E-state index in [9.17, 15) is 19.8 Å². The fourth-order valence-corrected chi connectivity index (χ4v) is 3.69. The predicted molar refractivity (Wildman–Crippen MR) is 85.1 cm³/mol. The molecule has 2 N–H and O–H groups in total. The summed E-state index contributed by atoms with van der Waals surface area (Å²) in [5.41, 5.74) is 1.28. The summed E-state index contributed by atoms with van der Waals surface area (Å²) in [7, 11) is 2.80. The van der Waals surface area contributed by atoms with Gasteiger partial charge < -0.3 is 19.7 Å². The van der Waals surface area contributed by atoms with Crippen molar-refractivity contribution in [2.45, 2.75) is 18.4 Å². The average molecular weight is 330 g/mol. The summed E-state index contributed by atoms with van der Waals surface area (Å²) in [5.74, 6) is -3.15. The Kier molecular flexibility index (Phi) is 3.93. The van der Waals surface area contributed by atoms with Gasteiger partial charge in [0, 0.05) is 19.1 Å². The summed E-state index contributed by atoms with van der Waals surface area (Å²) in [5, 5.41) is 19.3. The Labute approximate surface area is 139 Å². The van der Waals surface area contributed by atoms with Crippen molar-refractivity contribution in [3.8, 4) is 5.75 Å². The van der Waals surface area contributed by atoms with E-state index in [1.807, 2.05) is 18.2 Å². The molecular weight excluding hydrogens is 312 g/mol. The molecule has 1 aromatic carbocycles. The molecule has 24 heavy (non-hydrogen) atoms. The van der Waals surface area contributed by atoms with E-state index in [2.05, 4.69) is 0 Å². The summed E-state index contributed by atoms with van der Waals surface area (Å²) in [6.45, 7) is 0. The third-order valence-corrected chi connectivity index (χ3v) is 4.85. The molecule has 0 radical (unpaired) electrons. The van der Waals surface area contributed by atoms with E-state index in [-0.39, 0.29) is 6.42 Å². The molecule has 0 amide bonds. The number of hydrogen-bond donors (Lipinski definition) is 2. The Bertz CT molecular complexity index is 776. The zero-order valence-electron chi connectivity index (χ0n) is 13.4. The van der Waals surface area contributed by atoms with E-state index in [1.54, 1.807) is 13.2 Å². The molecule has 3 rings (SSSR count). The highest BCUT2D eigenvalue weighted by Crippen LogP contribution is 2.44. The molecule has 0 aromatic heterocycles. The number of carbonyl (C=O) groups is 2. The lowest BCUT2D eigenvalue weighted by molar-refractivity contribution is -0.170. The molecule has 0 saturated heterocycles. The standard InChI is InChI=1S/C18H18O6/c1-23-15-5-3-4-10-8-11-6-7-13(16(19)20)18(24-2,17(21)22)14(11)9-12(10)15/h3-7,13H,8-9H2,1-2H3,(H,19,20)(H,21,22). The van der Waals surface area contributed by atoms with Crippen LogP contribution < -0.4 is 4.74 Å².